The molecule has 0 aliphatic carbocycles. The topological polar surface area (TPSA) is 59.0 Å². The number of aromatic nitrogens is 2. The molecule has 1 aromatic rings. The summed E-state index contributed by atoms with van der Waals surface area (Å²) in [6.07, 6.45) is 6.83. The summed E-state index contributed by atoms with van der Waals surface area (Å²) in [5.41, 5.74) is 0.488. The predicted octanol–water partition coefficient (Wildman–Crippen LogP) is 0.292. The Morgan fingerprint density at radius 3 is 3.25 bits per heavy atom. The molecule has 1 aliphatic rings. The fourth-order valence-corrected chi connectivity index (χ4v) is 1.98. The van der Waals surface area contributed by atoms with Crippen LogP contribution in [0.15, 0.2) is 12.5 Å². The number of nitrogens with one attached hydrogen (secondary N) is 2. The summed E-state index contributed by atoms with van der Waals surface area (Å²) in [4.78, 5) is 15.6. The first-order valence-electron chi connectivity index (χ1n) is 5.75. The molecule has 1 fully saturated rings. The zero-order valence-electron chi connectivity index (χ0n) is 9.57. The van der Waals surface area contributed by atoms with Crippen LogP contribution in [0.1, 0.15) is 29.8 Å². The van der Waals surface area contributed by atoms with E-state index in [-0.39, 0.29) is 5.91 Å². The molecule has 16 heavy (non-hydrogen) atoms. The zero-order valence-corrected chi connectivity index (χ0v) is 9.57. The summed E-state index contributed by atoms with van der Waals surface area (Å²) in [5.74, 6) is -0.0846. The Bertz CT molecular complexity index is 355. The highest BCUT2D eigenvalue weighted by molar-refractivity contribution is 5.91. The Hall–Kier alpha value is -1.36. The average Bonchev–Trinajstić information content (AvgIpc) is 2.89. The van der Waals surface area contributed by atoms with E-state index in [0.29, 0.717) is 18.3 Å². The number of carbonyl (C=O) groups is 1. The molecule has 0 saturated carbocycles. The first-order chi connectivity index (χ1) is 7.75. The van der Waals surface area contributed by atoms with Gasteiger partial charge in [0.15, 0.2) is 0 Å². The maximum absolute atomic E-state index is 11.6. The number of amides is 1. The Morgan fingerprint density at radius 1 is 1.75 bits per heavy atom. The van der Waals surface area contributed by atoms with E-state index in [2.05, 4.69) is 15.6 Å². The molecule has 5 heteroatoms. The fourth-order valence-electron chi connectivity index (χ4n) is 1.98. The van der Waals surface area contributed by atoms with E-state index in [0.717, 1.165) is 13.0 Å². The third-order valence-electron chi connectivity index (χ3n) is 2.88. The number of carbonyl (C=O) groups excluding carboxylic acids is 1. The van der Waals surface area contributed by atoms with E-state index < -0.39 is 0 Å². The molecule has 0 radical (unpaired) electrons. The van der Waals surface area contributed by atoms with Crippen molar-refractivity contribution in [3.8, 4) is 0 Å². The highest BCUT2D eigenvalue weighted by Crippen LogP contribution is 2.07. The highest BCUT2D eigenvalue weighted by atomic mass is 16.1. The van der Waals surface area contributed by atoms with Crippen LogP contribution in [0, 0.1) is 0 Å². The van der Waals surface area contributed by atoms with Crippen molar-refractivity contribution < 1.29 is 4.79 Å². The molecule has 1 saturated heterocycles. The summed E-state index contributed by atoms with van der Waals surface area (Å²) in [6.45, 7) is 1.83. The van der Waals surface area contributed by atoms with Crippen molar-refractivity contribution in [1.82, 2.24) is 20.2 Å². The van der Waals surface area contributed by atoms with Crippen molar-refractivity contribution in [1.29, 1.82) is 0 Å². The molecule has 0 aromatic carbocycles. The van der Waals surface area contributed by atoms with Crippen molar-refractivity contribution in [3.63, 3.8) is 0 Å². The molecule has 2 N–H and O–H groups in total. The Morgan fingerprint density at radius 2 is 2.62 bits per heavy atom. The van der Waals surface area contributed by atoms with Crippen molar-refractivity contribution in [2.75, 3.05) is 13.1 Å². The molecular weight excluding hydrogens is 204 g/mol. The van der Waals surface area contributed by atoms with E-state index in [4.69, 9.17) is 0 Å². The standard InChI is InChI=1S/C11H18N4O/c1-15-7-10(14-8-15)11(16)13-6-4-9-3-2-5-12-9/h7-9,12H,2-6H2,1H3,(H,13,16). The Kier molecular flexibility index (Phi) is 3.56. The number of imidazole rings is 1. The maximum Gasteiger partial charge on any atom is 0.271 e. The smallest absolute Gasteiger partial charge is 0.271 e. The van der Waals surface area contributed by atoms with Crippen LogP contribution in [0.3, 0.4) is 0 Å². The van der Waals surface area contributed by atoms with Gasteiger partial charge >= 0.3 is 0 Å². The summed E-state index contributed by atoms with van der Waals surface area (Å²) in [6, 6.07) is 0.573. The minimum atomic E-state index is -0.0846. The predicted molar refractivity (Wildman–Crippen MR) is 61.2 cm³/mol. The van der Waals surface area contributed by atoms with Crippen LogP contribution in [-0.4, -0.2) is 34.6 Å². The first-order valence-corrected chi connectivity index (χ1v) is 5.75. The van der Waals surface area contributed by atoms with Crippen LogP contribution >= 0.6 is 0 Å². The molecule has 2 heterocycles. The molecule has 5 nitrogen and oxygen atoms in total. The van der Waals surface area contributed by atoms with Crippen LogP contribution < -0.4 is 10.6 Å². The minimum absolute atomic E-state index is 0.0846. The van der Waals surface area contributed by atoms with Gasteiger partial charge in [0.1, 0.15) is 5.69 Å². The van der Waals surface area contributed by atoms with E-state index >= 15 is 0 Å². The van der Waals surface area contributed by atoms with Gasteiger partial charge in [0.2, 0.25) is 0 Å². The van der Waals surface area contributed by atoms with Crippen molar-refractivity contribution in [2.24, 2.45) is 7.05 Å². The van der Waals surface area contributed by atoms with Gasteiger partial charge in [0.25, 0.3) is 5.91 Å². The quantitative estimate of drug-likeness (QED) is 0.770. The third kappa shape index (κ3) is 2.82. The largest absolute Gasteiger partial charge is 0.351 e. The number of hydrogen-bond donors (Lipinski definition) is 2. The molecule has 88 valence electrons. The normalized spacial score (nSPS) is 19.9. The lowest BCUT2D eigenvalue weighted by Gasteiger charge is -2.09. The SMILES string of the molecule is Cn1cnc(C(=O)NCCC2CCCN2)c1. The molecule has 0 spiro atoms. The van der Waals surface area contributed by atoms with Crippen LogP contribution in [0.25, 0.3) is 0 Å². The zero-order chi connectivity index (χ0) is 11.4. The maximum atomic E-state index is 11.6. The van der Waals surface area contributed by atoms with Gasteiger partial charge in [-0.05, 0) is 25.8 Å². The van der Waals surface area contributed by atoms with Gasteiger partial charge in [-0.2, -0.15) is 0 Å². The van der Waals surface area contributed by atoms with Crippen LogP contribution in [-0.2, 0) is 7.05 Å². The molecule has 2 rings (SSSR count). The van der Waals surface area contributed by atoms with Crippen molar-refractivity contribution in [3.05, 3.63) is 18.2 Å². The van der Waals surface area contributed by atoms with Gasteiger partial charge in [-0.15, -0.1) is 0 Å². The summed E-state index contributed by atoms with van der Waals surface area (Å²) < 4.78 is 1.77. The lowest BCUT2D eigenvalue weighted by Crippen LogP contribution is -2.30. The second-order valence-electron chi connectivity index (χ2n) is 4.26. The molecular formula is C11H18N4O. The lowest BCUT2D eigenvalue weighted by atomic mass is 10.1. The van der Waals surface area contributed by atoms with Crippen molar-refractivity contribution >= 4 is 5.91 Å². The van der Waals surface area contributed by atoms with E-state index in [1.807, 2.05) is 7.05 Å². The lowest BCUT2D eigenvalue weighted by molar-refractivity contribution is 0.0947. The third-order valence-corrected chi connectivity index (χ3v) is 2.88. The number of nitrogens with zero attached hydrogens (tertiary/aromatic N) is 2. The number of hydrogen-bond acceptors (Lipinski definition) is 3. The Labute approximate surface area is 95.2 Å². The van der Waals surface area contributed by atoms with E-state index in [9.17, 15) is 4.79 Å². The second-order valence-corrected chi connectivity index (χ2v) is 4.26. The van der Waals surface area contributed by atoms with Gasteiger partial charge < -0.3 is 15.2 Å². The number of rotatable bonds is 4. The fraction of sp³-hybridized carbons (Fsp3) is 0.636. The molecule has 1 atom stereocenters. The van der Waals surface area contributed by atoms with Crippen LogP contribution in [0.4, 0.5) is 0 Å². The summed E-state index contributed by atoms with van der Waals surface area (Å²) >= 11 is 0. The minimum Gasteiger partial charge on any atom is -0.351 e. The van der Waals surface area contributed by atoms with Crippen LogP contribution in [0.2, 0.25) is 0 Å². The van der Waals surface area contributed by atoms with Crippen LogP contribution in [0.5, 0.6) is 0 Å². The van der Waals surface area contributed by atoms with Crippen molar-refractivity contribution in [2.45, 2.75) is 25.3 Å². The molecule has 1 unspecified atom stereocenters. The number of aryl methyl sites for hydroxylation is 1. The van der Waals surface area contributed by atoms with Gasteiger partial charge in [-0.3, -0.25) is 4.79 Å². The molecule has 1 amide bonds. The molecule has 1 aliphatic heterocycles. The monoisotopic (exact) mass is 222 g/mol. The van der Waals surface area contributed by atoms with Gasteiger partial charge in [0, 0.05) is 25.8 Å². The summed E-state index contributed by atoms with van der Waals surface area (Å²) in [7, 11) is 1.85. The van der Waals surface area contributed by atoms with E-state index in [1.54, 1.807) is 17.1 Å². The van der Waals surface area contributed by atoms with E-state index in [1.165, 1.54) is 12.8 Å². The van der Waals surface area contributed by atoms with Gasteiger partial charge in [-0.25, -0.2) is 4.98 Å². The first kappa shape index (κ1) is 11.1. The second kappa shape index (κ2) is 5.12. The Balaban J connectivity index is 1.71. The van der Waals surface area contributed by atoms with Gasteiger partial charge in [0.05, 0.1) is 6.33 Å². The molecule has 0 bridgehead atoms. The average molecular weight is 222 g/mol. The summed E-state index contributed by atoms with van der Waals surface area (Å²) in [5, 5.41) is 6.29. The highest BCUT2D eigenvalue weighted by Gasteiger charge is 2.14. The molecule has 1 aromatic heterocycles. The van der Waals surface area contributed by atoms with Gasteiger partial charge in [-0.1, -0.05) is 0 Å².